The van der Waals surface area contributed by atoms with E-state index in [1.807, 2.05) is 0 Å². The molecule has 1 atom stereocenters. The lowest BCUT2D eigenvalue weighted by Gasteiger charge is -2.32. The third-order valence-electron chi connectivity index (χ3n) is 2.69. The van der Waals surface area contributed by atoms with Gasteiger partial charge in [-0.3, -0.25) is 4.79 Å². The average molecular weight is 242 g/mol. The van der Waals surface area contributed by atoms with Gasteiger partial charge in [-0.05, 0) is 24.6 Å². The third kappa shape index (κ3) is 2.02. The standard InChI is InChI=1S/C11H12ClNO3/c1-11(10(15)16,13(2)7-14)8-3-5-9(12)6-4-8/h3-7H,1-2H3,(H,15,16). The number of nitrogens with zero attached hydrogens (tertiary/aromatic N) is 1. The molecule has 1 unspecified atom stereocenters. The summed E-state index contributed by atoms with van der Waals surface area (Å²) in [5.41, 5.74) is -0.884. The molecule has 0 saturated carbocycles. The van der Waals surface area contributed by atoms with E-state index in [9.17, 15) is 14.7 Å². The lowest BCUT2D eigenvalue weighted by Crippen LogP contribution is -2.47. The average Bonchev–Trinajstić information content (AvgIpc) is 2.27. The lowest BCUT2D eigenvalue weighted by molar-refractivity contribution is -0.153. The van der Waals surface area contributed by atoms with Crippen molar-refractivity contribution in [1.29, 1.82) is 0 Å². The van der Waals surface area contributed by atoms with Crippen molar-refractivity contribution in [3.63, 3.8) is 0 Å². The minimum Gasteiger partial charge on any atom is -0.479 e. The van der Waals surface area contributed by atoms with Crippen LogP contribution < -0.4 is 0 Å². The number of carboxylic acid groups (broad SMARTS) is 1. The molecular formula is C11H12ClNO3. The Morgan fingerprint density at radius 3 is 2.31 bits per heavy atom. The number of aliphatic carboxylic acids is 1. The predicted molar refractivity (Wildman–Crippen MR) is 60.3 cm³/mol. The highest BCUT2D eigenvalue weighted by Crippen LogP contribution is 2.27. The van der Waals surface area contributed by atoms with Gasteiger partial charge in [-0.15, -0.1) is 0 Å². The number of benzene rings is 1. The van der Waals surface area contributed by atoms with Gasteiger partial charge in [0.25, 0.3) is 0 Å². The first-order valence-electron chi connectivity index (χ1n) is 4.60. The van der Waals surface area contributed by atoms with Crippen molar-refractivity contribution < 1.29 is 14.7 Å². The van der Waals surface area contributed by atoms with Gasteiger partial charge in [-0.25, -0.2) is 4.79 Å². The number of hydrogen-bond donors (Lipinski definition) is 1. The van der Waals surface area contributed by atoms with Crippen LogP contribution in [0.5, 0.6) is 0 Å². The monoisotopic (exact) mass is 241 g/mol. The Morgan fingerprint density at radius 1 is 1.44 bits per heavy atom. The van der Waals surface area contributed by atoms with E-state index in [1.54, 1.807) is 24.3 Å². The molecule has 1 rings (SSSR count). The zero-order chi connectivity index (χ0) is 12.3. The van der Waals surface area contributed by atoms with Gasteiger partial charge in [0, 0.05) is 12.1 Å². The molecule has 0 aromatic heterocycles. The first-order chi connectivity index (χ1) is 7.42. The largest absolute Gasteiger partial charge is 0.479 e. The van der Waals surface area contributed by atoms with Crippen molar-refractivity contribution >= 4 is 24.0 Å². The summed E-state index contributed by atoms with van der Waals surface area (Å²) in [4.78, 5) is 23.1. The summed E-state index contributed by atoms with van der Waals surface area (Å²) in [6.07, 6.45) is 0.489. The molecule has 1 aromatic carbocycles. The smallest absolute Gasteiger partial charge is 0.334 e. The summed E-state index contributed by atoms with van der Waals surface area (Å²) in [5, 5.41) is 9.74. The summed E-state index contributed by atoms with van der Waals surface area (Å²) in [6, 6.07) is 6.38. The molecule has 0 heterocycles. The molecule has 0 radical (unpaired) electrons. The highest BCUT2D eigenvalue weighted by atomic mass is 35.5. The zero-order valence-electron chi connectivity index (χ0n) is 8.98. The summed E-state index contributed by atoms with van der Waals surface area (Å²) in [5.74, 6) is -1.09. The minimum absolute atomic E-state index is 0.489. The summed E-state index contributed by atoms with van der Waals surface area (Å²) in [7, 11) is 1.43. The Labute approximate surface area is 98.4 Å². The van der Waals surface area contributed by atoms with Crippen LogP contribution >= 0.6 is 11.6 Å². The Kier molecular flexibility index (Phi) is 3.55. The maximum atomic E-state index is 11.3. The first kappa shape index (κ1) is 12.5. The van der Waals surface area contributed by atoms with E-state index in [-0.39, 0.29) is 0 Å². The van der Waals surface area contributed by atoms with Gasteiger partial charge in [0.05, 0.1) is 0 Å². The molecule has 5 heteroatoms. The van der Waals surface area contributed by atoms with Gasteiger partial charge in [0.2, 0.25) is 6.41 Å². The Bertz CT molecular complexity index is 404. The van der Waals surface area contributed by atoms with E-state index in [2.05, 4.69) is 0 Å². The molecule has 0 aliphatic rings. The molecule has 1 aromatic rings. The van der Waals surface area contributed by atoms with Crippen molar-refractivity contribution in [3.8, 4) is 0 Å². The molecule has 1 N–H and O–H groups in total. The molecule has 0 aliphatic carbocycles. The third-order valence-corrected chi connectivity index (χ3v) is 2.94. The highest BCUT2D eigenvalue weighted by molar-refractivity contribution is 6.30. The van der Waals surface area contributed by atoms with Crippen LogP contribution in [0.1, 0.15) is 12.5 Å². The van der Waals surface area contributed by atoms with Crippen LogP contribution in [-0.2, 0) is 15.1 Å². The Hall–Kier alpha value is -1.55. The van der Waals surface area contributed by atoms with Crippen molar-refractivity contribution in [3.05, 3.63) is 34.9 Å². The quantitative estimate of drug-likeness (QED) is 0.817. The molecule has 16 heavy (non-hydrogen) atoms. The van der Waals surface area contributed by atoms with Gasteiger partial charge >= 0.3 is 5.97 Å². The molecule has 0 saturated heterocycles. The fraction of sp³-hybridized carbons (Fsp3) is 0.273. The zero-order valence-corrected chi connectivity index (χ0v) is 9.73. The molecule has 0 bridgehead atoms. The van der Waals surface area contributed by atoms with Crippen molar-refractivity contribution in [1.82, 2.24) is 4.90 Å². The molecule has 0 fully saturated rings. The van der Waals surface area contributed by atoms with Gasteiger partial charge in [0.15, 0.2) is 5.54 Å². The molecule has 0 spiro atoms. The summed E-state index contributed by atoms with van der Waals surface area (Å²) < 4.78 is 0. The van der Waals surface area contributed by atoms with Crippen LogP contribution in [0, 0.1) is 0 Å². The number of carbonyl (C=O) groups excluding carboxylic acids is 1. The van der Waals surface area contributed by atoms with E-state index in [1.165, 1.54) is 14.0 Å². The van der Waals surface area contributed by atoms with Gasteiger partial charge in [-0.1, -0.05) is 23.7 Å². The second-order valence-corrected chi connectivity index (χ2v) is 4.04. The number of carbonyl (C=O) groups is 2. The molecule has 1 amide bonds. The first-order valence-corrected chi connectivity index (χ1v) is 4.98. The van der Waals surface area contributed by atoms with Crippen LogP contribution in [-0.4, -0.2) is 29.4 Å². The second-order valence-electron chi connectivity index (χ2n) is 3.60. The Morgan fingerprint density at radius 2 is 1.94 bits per heavy atom. The molecule has 4 nitrogen and oxygen atoms in total. The molecule has 0 aliphatic heterocycles. The second kappa shape index (κ2) is 4.53. The number of amides is 1. The topological polar surface area (TPSA) is 57.6 Å². The maximum absolute atomic E-state index is 11.3. The molecular weight excluding hydrogens is 230 g/mol. The van der Waals surface area contributed by atoms with E-state index < -0.39 is 11.5 Å². The normalized spacial score (nSPS) is 13.9. The number of halogens is 1. The van der Waals surface area contributed by atoms with Crippen molar-refractivity contribution in [2.24, 2.45) is 0 Å². The van der Waals surface area contributed by atoms with Crippen molar-refractivity contribution in [2.75, 3.05) is 7.05 Å². The van der Waals surface area contributed by atoms with E-state index in [0.717, 1.165) is 4.90 Å². The number of likely N-dealkylation sites (N-methyl/N-ethyl adjacent to an activating group) is 1. The maximum Gasteiger partial charge on any atom is 0.334 e. The summed E-state index contributed by atoms with van der Waals surface area (Å²) in [6.45, 7) is 1.47. The van der Waals surface area contributed by atoms with Crippen LogP contribution in [0.3, 0.4) is 0 Å². The van der Waals surface area contributed by atoms with Crippen LogP contribution in [0.25, 0.3) is 0 Å². The highest BCUT2D eigenvalue weighted by Gasteiger charge is 2.39. The predicted octanol–water partition coefficient (Wildman–Crippen LogP) is 1.73. The fourth-order valence-corrected chi connectivity index (χ4v) is 1.48. The number of carboxylic acids is 1. The van der Waals surface area contributed by atoms with Gasteiger partial charge < -0.3 is 10.0 Å². The van der Waals surface area contributed by atoms with Crippen LogP contribution in [0.15, 0.2) is 24.3 Å². The summed E-state index contributed by atoms with van der Waals surface area (Å²) >= 11 is 5.72. The number of rotatable bonds is 4. The SMILES string of the molecule is CN(C=O)C(C)(C(=O)O)c1ccc(Cl)cc1. The van der Waals surface area contributed by atoms with E-state index >= 15 is 0 Å². The fourth-order valence-electron chi connectivity index (χ4n) is 1.36. The Balaban J connectivity index is 3.26. The van der Waals surface area contributed by atoms with Crippen molar-refractivity contribution in [2.45, 2.75) is 12.5 Å². The number of hydrogen-bond acceptors (Lipinski definition) is 2. The van der Waals surface area contributed by atoms with Crippen LogP contribution in [0.2, 0.25) is 5.02 Å². The van der Waals surface area contributed by atoms with Gasteiger partial charge in [0.1, 0.15) is 0 Å². The van der Waals surface area contributed by atoms with Gasteiger partial charge in [-0.2, -0.15) is 0 Å². The lowest BCUT2D eigenvalue weighted by atomic mass is 9.91. The molecule has 86 valence electrons. The van der Waals surface area contributed by atoms with E-state index in [4.69, 9.17) is 11.6 Å². The van der Waals surface area contributed by atoms with Crippen LogP contribution in [0.4, 0.5) is 0 Å². The van der Waals surface area contributed by atoms with E-state index in [0.29, 0.717) is 17.0 Å². The minimum atomic E-state index is -1.38.